The molecule has 9 heteroatoms. The van der Waals surface area contributed by atoms with Crippen LogP contribution in [0.2, 0.25) is 0 Å². The second-order valence-corrected chi connectivity index (χ2v) is 4.49. The van der Waals surface area contributed by atoms with E-state index in [2.05, 4.69) is 9.47 Å². The molecule has 128 valence electrons. The number of aliphatic hydroxyl groups is 2. The van der Waals surface area contributed by atoms with Crippen LogP contribution in [0.15, 0.2) is 30.3 Å². The van der Waals surface area contributed by atoms with Crippen molar-refractivity contribution in [3.05, 3.63) is 35.9 Å². The normalized spacial score (nSPS) is 15.6. The highest BCUT2D eigenvalue weighted by Crippen LogP contribution is 2.42. The number of carbonyl (C=O) groups is 2. The summed E-state index contributed by atoms with van der Waals surface area (Å²) in [5.41, 5.74) is -3.92. The van der Waals surface area contributed by atoms with Gasteiger partial charge in [0.1, 0.15) is 6.10 Å². The highest BCUT2D eigenvalue weighted by atomic mass is 19.4. The minimum absolute atomic E-state index is 0.518. The molecule has 0 saturated carbocycles. The van der Waals surface area contributed by atoms with Crippen molar-refractivity contribution in [1.82, 2.24) is 0 Å². The first kappa shape index (κ1) is 19.1. The summed E-state index contributed by atoms with van der Waals surface area (Å²) in [7, 11) is 0.687. The molecule has 1 aromatic rings. The Bertz CT molecular complexity index is 545. The van der Waals surface area contributed by atoms with Crippen LogP contribution < -0.4 is 0 Å². The van der Waals surface area contributed by atoms with Crippen molar-refractivity contribution in [2.24, 2.45) is 0 Å². The monoisotopic (exact) mass is 336 g/mol. The molecule has 0 saturated heterocycles. The number of halogens is 3. The third-order valence-electron chi connectivity index (χ3n) is 3.06. The van der Waals surface area contributed by atoms with Crippen molar-refractivity contribution in [3.63, 3.8) is 0 Å². The molecule has 0 aliphatic rings. The zero-order valence-electron chi connectivity index (χ0n) is 12.0. The minimum atomic E-state index is -5.15. The fourth-order valence-corrected chi connectivity index (χ4v) is 1.82. The lowest BCUT2D eigenvalue weighted by Crippen LogP contribution is -2.52. The standard InChI is InChI=1S/C14H15F3O6/c1-22-13(14(15,16)17,9-5-3-2-4-6-9)12(21)23-8-11(20)10(19)7-18/h2-6,10,18-19H,7-8H2,1H3/t10-,13+/m0/s1. The van der Waals surface area contributed by atoms with Crippen molar-refractivity contribution < 1.29 is 42.4 Å². The van der Waals surface area contributed by atoms with Gasteiger partial charge in [0, 0.05) is 12.7 Å². The van der Waals surface area contributed by atoms with Gasteiger partial charge in [-0.2, -0.15) is 13.2 Å². The van der Waals surface area contributed by atoms with Gasteiger partial charge in [0.25, 0.3) is 5.60 Å². The lowest BCUT2D eigenvalue weighted by Gasteiger charge is -2.32. The van der Waals surface area contributed by atoms with E-state index in [1.165, 1.54) is 18.2 Å². The van der Waals surface area contributed by atoms with Crippen LogP contribution in [0.5, 0.6) is 0 Å². The van der Waals surface area contributed by atoms with Gasteiger partial charge in [0.15, 0.2) is 6.61 Å². The van der Waals surface area contributed by atoms with Crippen molar-refractivity contribution in [1.29, 1.82) is 0 Å². The third kappa shape index (κ3) is 3.87. The largest absolute Gasteiger partial charge is 0.455 e. The Morgan fingerprint density at radius 1 is 1.22 bits per heavy atom. The minimum Gasteiger partial charge on any atom is -0.455 e. The lowest BCUT2D eigenvalue weighted by atomic mass is 9.93. The molecule has 2 atom stereocenters. The summed E-state index contributed by atoms with van der Waals surface area (Å²) in [4.78, 5) is 23.3. The second-order valence-electron chi connectivity index (χ2n) is 4.49. The van der Waals surface area contributed by atoms with Gasteiger partial charge in [-0.1, -0.05) is 30.3 Å². The summed E-state index contributed by atoms with van der Waals surface area (Å²) in [6.07, 6.45) is -7.00. The summed E-state index contributed by atoms with van der Waals surface area (Å²) in [6, 6.07) is 6.07. The Morgan fingerprint density at radius 2 is 1.78 bits per heavy atom. The lowest BCUT2D eigenvalue weighted by molar-refractivity contribution is -0.276. The third-order valence-corrected chi connectivity index (χ3v) is 3.06. The van der Waals surface area contributed by atoms with Gasteiger partial charge in [-0.05, 0) is 0 Å². The summed E-state index contributed by atoms with van der Waals surface area (Å²) in [5.74, 6) is -2.99. The van der Waals surface area contributed by atoms with Crippen LogP contribution >= 0.6 is 0 Å². The van der Waals surface area contributed by atoms with Crippen molar-refractivity contribution in [2.45, 2.75) is 17.9 Å². The van der Waals surface area contributed by atoms with E-state index in [9.17, 15) is 22.8 Å². The first-order valence-corrected chi connectivity index (χ1v) is 6.37. The molecular weight excluding hydrogens is 321 g/mol. The molecular formula is C14H15F3O6. The predicted molar refractivity (Wildman–Crippen MR) is 70.2 cm³/mol. The molecule has 6 nitrogen and oxygen atoms in total. The van der Waals surface area contributed by atoms with E-state index in [1.807, 2.05) is 0 Å². The average molecular weight is 336 g/mol. The van der Waals surface area contributed by atoms with Crippen molar-refractivity contribution >= 4 is 11.8 Å². The average Bonchev–Trinajstić information content (AvgIpc) is 2.52. The quantitative estimate of drug-likeness (QED) is 0.707. The van der Waals surface area contributed by atoms with Crippen LogP contribution in [0.25, 0.3) is 0 Å². The maximum absolute atomic E-state index is 13.5. The van der Waals surface area contributed by atoms with Gasteiger partial charge < -0.3 is 19.7 Å². The number of alkyl halides is 3. The zero-order valence-corrected chi connectivity index (χ0v) is 12.0. The van der Waals surface area contributed by atoms with Crippen LogP contribution in [-0.2, 0) is 24.7 Å². The molecule has 0 aliphatic carbocycles. The summed E-state index contributed by atoms with van der Waals surface area (Å²) < 4.78 is 49.2. The van der Waals surface area contributed by atoms with Gasteiger partial charge >= 0.3 is 12.1 Å². The van der Waals surface area contributed by atoms with E-state index in [4.69, 9.17) is 10.2 Å². The van der Waals surface area contributed by atoms with Gasteiger partial charge in [-0.25, -0.2) is 4.79 Å². The predicted octanol–water partition coefficient (Wildman–Crippen LogP) is 0.556. The first-order valence-electron chi connectivity index (χ1n) is 6.37. The van der Waals surface area contributed by atoms with E-state index < -0.39 is 48.4 Å². The molecule has 23 heavy (non-hydrogen) atoms. The summed E-state index contributed by atoms with van der Waals surface area (Å²) in [5, 5.41) is 17.6. The van der Waals surface area contributed by atoms with E-state index in [0.717, 1.165) is 12.1 Å². The number of carbonyl (C=O) groups excluding carboxylic acids is 2. The molecule has 2 N–H and O–H groups in total. The van der Waals surface area contributed by atoms with Crippen molar-refractivity contribution in [2.75, 3.05) is 20.3 Å². The molecule has 0 fully saturated rings. The Kier molecular flexibility index (Phi) is 6.25. The van der Waals surface area contributed by atoms with Crippen LogP contribution in [0.1, 0.15) is 5.56 Å². The zero-order chi connectivity index (χ0) is 17.7. The number of ether oxygens (including phenoxy) is 2. The van der Waals surface area contributed by atoms with Crippen LogP contribution in [0.4, 0.5) is 13.2 Å². The molecule has 1 aromatic carbocycles. The molecule has 1 rings (SSSR count). The molecule has 0 aliphatic heterocycles. The number of esters is 1. The summed E-state index contributed by atoms with van der Waals surface area (Å²) in [6.45, 7) is -2.07. The van der Waals surface area contributed by atoms with Gasteiger partial charge in [-0.3, -0.25) is 4.79 Å². The molecule has 0 spiro atoms. The molecule has 0 unspecified atom stereocenters. The van der Waals surface area contributed by atoms with E-state index in [0.29, 0.717) is 7.11 Å². The van der Waals surface area contributed by atoms with E-state index >= 15 is 0 Å². The van der Waals surface area contributed by atoms with Crippen LogP contribution in [0, 0.1) is 0 Å². The Balaban J connectivity index is 3.11. The first-order chi connectivity index (χ1) is 10.7. The van der Waals surface area contributed by atoms with Crippen LogP contribution in [-0.4, -0.2) is 54.6 Å². The number of hydrogen-bond donors (Lipinski definition) is 2. The number of rotatable bonds is 7. The van der Waals surface area contributed by atoms with Gasteiger partial charge in [-0.15, -0.1) is 0 Å². The smallest absolute Gasteiger partial charge is 0.432 e. The molecule has 0 bridgehead atoms. The maximum Gasteiger partial charge on any atom is 0.432 e. The molecule has 0 aromatic heterocycles. The SMILES string of the molecule is CO[C@@](C(=O)OCC(=O)[C@@H](O)CO)(c1ccccc1)C(F)(F)F. The number of methoxy groups -OCH3 is 1. The highest BCUT2D eigenvalue weighted by Gasteiger charge is 2.64. The van der Waals surface area contributed by atoms with E-state index in [-0.39, 0.29) is 0 Å². The van der Waals surface area contributed by atoms with Gasteiger partial charge in [0.05, 0.1) is 6.61 Å². The topological polar surface area (TPSA) is 93.1 Å². The Morgan fingerprint density at radius 3 is 2.22 bits per heavy atom. The number of Topliss-reactive ketones (excluding diaryl/α,β-unsaturated/α-hetero) is 1. The second kappa shape index (κ2) is 7.53. The van der Waals surface area contributed by atoms with Gasteiger partial charge in [0.2, 0.25) is 5.78 Å². The summed E-state index contributed by atoms with van der Waals surface area (Å²) >= 11 is 0. The number of ketones is 1. The molecule has 0 heterocycles. The molecule has 0 radical (unpaired) electrons. The van der Waals surface area contributed by atoms with Crippen molar-refractivity contribution in [3.8, 4) is 0 Å². The number of aliphatic hydroxyl groups excluding tert-OH is 2. The maximum atomic E-state index is 13.5. The highest BCUT2D eigenvalue weighted by molar-refractivity contribution is 5.88. The molecule has 0 amide bonds. The Labute approximate surface area is 129 Å². The fraction of sp³-hybridized carbons (Fsp3) is 0.429. The fourth-order valence-electron chi connectivity index (χ4n) is 1.82. The number of benzene rings is 1. The number of hydrogen-bond acceptors (Lipinski definition) is 6. The Hall–Kier alpha value is -1.97. The van der Waals surface area contributed by atoms with E-state index in [1.54, 1.807) is 0 Å². The van der Waals surface area contributed by atoms with Crippen LogP contribution in [0.3, 0.4) is 0 Å².